The fourth-order valence-corrected chi connectivity index (χ4v) is 5.64. The van der Waals surface area contributed by atoms with E-state index in [4.69, 9.17) is 23.2 Å². The molecule has 0 saturated carbocycles. The van der Waals surface area contributed by atoms with E-state index in [0.717, 1.165) is 33.5 Å². The monoisotopic (exact) mass is 650 g/mol. The third-order valence-electron chi connectivity index (χ3n) is 5.77. The van der Waals surface area contributed by atoms with E-state index in [1.54, 1.807) is 40.1 Å². The Kier molecular flexibility index (Phi) is 15.6. The van der Waals surface area contributed by atoms with Crippen molar-refractivity contribution in [2.24, 2.45) is 5.92 Å². The topological polar surface area (TPSA) is 81.8 Å². The normalized spacial score (nSPS) is 12.5. The van der Waals surface area contributed by atoms with E-state index in [-0.39, 0.29) is 29.6 Å². The van der Waals surface area contributed by atoms with Crippen molar-refractivity contribution < 1.29 is 14.4 Å². The van der Waals surface area contributed by atoms with Gasteiger partial charge in [-0.15, -0.1) is 0 Å². The van der Waals surface area contributed by atoms with Gasteiger partial charge in [0, 0.05) is 35.1 Å². The van der Waals surface area contributed by atoms with Gasteiger partial charge in [0.2, 0.25) is 5.91 Å². The molecule has 7 nitrogen and oxygen atoms in total. The van der Waals surface area contributed by atoms with E-state index in [1.807, 2.05) is 51.1 Å². The average Bonchev–Trinajstić information content (AvgIpc) is 2.94. The molecule has 1 saturated heterocycles. The van der Waals surface area contributed by atoms with Crippen molar-refractivity contribution in [1.82, 2.24) is 19.2 Å². The minimum absolute atomic E-state index is 0.0652. The fraction of sp³-hybridized carbons (Fsp3) is 0.387. The van der Waals surface area contributed by atoms with E-state index in [9.17, 15) is 14.4 Å². The number of carbonyl (C=O) groups excluding carboxylic acids is 3. The van der Waals surface area contributed by atoms with Crippen LogP contribution in [0.4, 0.5) is 4.79 Å². The van der Waals surface area contributed by atoms with E-state index in [2.05, 4.69) is 30.2 Å². The maximum Gasteiger partial charge on any atom is 0.302 e. The predicted octanol–water partition coefficient (Wildman–Crippen LogP) is 8.16. The molecule has 3 aromatic carbocycles. The van der Waals surface area contributed by atoms with Crippen LogP contribution < -0.4 is 9.44 Å². The molecule has 0 bridgehead atoms. The zero-order chi connectivity index (χ0) is 31.2. The van der Waals surface area contributed by atoms with Crippen LogP contribution in [0.2, 0.25) is 10.0 Å². The summed E-state index contributed by atoms with van der Waals surface area (Å²) in [5.74, 6) is 0.439. The van der Waals surface area contributed by atoms with Crippen molar-refractivity contribution in [1.29, 1.82) is 0 Å². The molecule has 4 rings (SSSR count). The highest BCUT2D eigenvalue weighted by Gasteiger charge is 2.36. The summed E-state index contributed by atoms with van der Waals surface area (Å²) in [5, 5.41) is 2.81. The number of rotatable bonds is 7. The van der Waals surface area contributed by atoms with Gasteiger partial charge >= 0.3 is 5.24 Å². The SMILES string of the molecule is CC.CC(C)C.CCN(C(=O)SNC(=O)c1ccc2ccccc2c1)C1CN(C(=O)CNSc2ccc(Cl)cc2Cl)C1. The Bertz CT molecular complexity index is 1330. The summed E-state index contributed by atoms with van der Waals surface area (Å²) in [6.07, 6.45) is 0. The van der Waals surface area contributed by atoms with E-state index in [0.29, 0.717) is 35.2 Å². The van der Waals surface area contributed by atoms with Gasteiger partial charge in [-0.05, 0) is 65.9 Å². The van der Waals surface area contributed by atoms with Crippen LogP contribution in [0.25, 0.3) is 10.8 Å². The number of nitrogens with zero attached hydrogens (tertiary/aromatic N) is 2. The number of likely N-dealkylation sites (tertiary alicyclic amines) is 1. The summed E-state index contributed by atoms with van der Waals surface area (Å²) in [5.41, 5.74) is 0.489. The standard InChI is InChI=1S/C25H24Cl2N4O3S2.C4H10.C2H6/c1-2-31(25(34)36-29-24(33)18-8-7-16-5-3-4-6-17(16)11-18)20-14-30(15-20)23(32)13-28-35-22-10-9-19(26)12-21(22)27;1-4(2)3;1-2/h3-12,20,28H,2,13-15H2,1H3,(H,29,33);4H,1-3H3;1-2H3. The molecule has 1 aliphatic heterocycles. The van der Waals surface area contributed by atoms with Crippen LogP contribution in [0.5, 0.6) is 0 Å². The van der Waals surface area contributed by atoms with Crippen LogP contribution >= 0.6 is 47.1 Å². The second-order valence-electron chi connectivity index (χ2n) is 9.83. The first-order valence-electron chi connectivity index (χ1n) is 14.0. The van der Waals surface area contributed by atoms with Gasteiger partial charge in [0.05, 0.1) is 29.6 Å². The summed E-state index contributed by atoms with van der Waals surface area (Å²) in [6.45, 7) is 13.9. The molecule has 42 heavy (non-hydrogen) atoms. The number of hydrogen-bond donors (Lipinski definition) is 2. The Labute approximate surface area is 268 Å². The maximum absolute atomic E-state index is 12.8. The second kappa shape index (κ2) is 18.3. The van der Waals surface area contributed by atoms with Crippen LogP contribution in [0, 0.1) is 5.92 Å². The molecule has 0 aromatic heterocycles. The number of likely N-dealkylation sites (N-methyl/N-ethyl adjacent to an activating group) is 1. The Balaban J connectivity index is 0.000000947. The third kappa shape index (κ3) is 11.0. The first-order valence-corrected chi connectivity index (χ1v) is 16.4. The third-order valence-corrected chi connectivity index (χ3v) is 7.99. The van der Waals surface area contributed by atoms with Gasteiger partial charge in [-0.3, -0.25) is 23.8 Å². The van der Waals surface area contributed by atoms with Crippen molar-refractivity contribution >= 4 is 74.9 Å². The van der Waals surface area contributed by atoms with Crippen LogP contribution in [-0.4, -0.2) is 59.1 Å². The summed E-state index contributed by atoms with van der Waals surface area (Å²) in [6, 6.07) is 18.3. The second-order valence-corrected chi connectivity index (χ2v) is 12.4. The van der Waals surface area contributed by atoms with E-state index in [1.165, 1.54) is 11.9 Å². The zero-order valence-corrected chi connectivity index (χ0v) is 28.1. The summed E-state index contributed by atoms with van der Waals surface area (Å²) in [7, 11) is 0. The first kappa shape index (κ1) is 35.8. The van der Waals surface area contributed by atoms with Gasteiger partial charge in [-0.25, -0.2) is 0 Å². The molecule has 1 heterocycles. The molecule has 0 radical (unpaired) electrons. The molecule has 1 aliphatic rings. The van der Waals surface area contributed by atoms with Crippen molar-refractivity contribution in [2.75, 3.05) is 26.2 Å². The van der Waals surface area contributed by atoms with Gasteiger partial charge in [0.15, 0.2) is 0 Å². The summed E-state index contributed by atoms with van der Waals surface area (Å²) < 4.78 is 5.66. The lowest BCUT2D eigenvalue weighted by Crippen LogP contribution is -2.62. The number of hydrogen-bond acceptors (Lipinski definition) is 6. The molecule has 11 heteroatoms. The van der Waals surface area contributed by atoms with Gasteiger partial charge in [0.25, 0.3) is 5.91 Å². The Hall–Kier alpha value is -2.43. The fourth-order valence-electron chi connectivity index (χ4n) is 3.78. The van der Waals surface area contributed by atoms with E-state index < -0.39 is 0 Å². The molecule has 0 aliphatic carbocycles. The lowest BCUT2D eigenvalue weighted by atomic mass is 10.1. The van der Waals surface area contributed by atoms with Gasteiger partial charge < -0.3 is 9.80 Å². The average molecular weight is 652 g/mol. The number of fused-ring (bicyclic) bond motifs is 1. The molecule has 0 unspecified atom stereocenters. The summed E-state index contributed by atoms with van der Waals surface area (Å²) in [4.78, 5) is 41.9. The summed E-state index contributed by atoms with van der Waals surface area (Å²) >= 11 is 14.1. The van der Waals surface area contributed by atoms with Crippen molar-refractivity contribution in [2.45, 2.75) is 52.5 Å². The Morgan fingerprint density at radius 2 is 1.62 bits per heavy atom. The highest BCUT2D eigenvalue weighted by atomic mass is 35.5. The lowest BCUT2D eigenvalue weighted by Gasteiger charge is -2.44. The number of carbonyl (C=O) groups is 3. The number of halogens is 2. The molecule has 1 fully saturated rings. The van der Waals surface area contributed by atoms with Crippen molar-refractivity contribution in [3.05, 3.63) is 76.3 Å². The minimum atomic E-state index is -0.329. The van der Waals surface area contributed by atoms with Gasteiger partial charge in [-0.1, -0.05) is 88.2 Å². The minimum Gasteiger partial charge on any atom is -0.337 e. The van der Waals surface area contributed by atoms with E-state index >= 15 is 0 Å². The highest BCUT2D eigenvalue weighted by Crippen LogP contribution is 2.28. The van der Waals surface area contributed by atoms with Crippen LogP contribution in [0.15, 0.2) is 65.6 Å². The van der Waals surface area contributed by atoms with Crippen LogP contribution in [-0.2, 0) is 4.79 Å². The largest absolute Gasteiger partial charge is 0.337 e. The number of nitrogens with one attached hydrogen (secondary N) is 2. The molecular weight excluding hydrogens is 611 g/mol. The zero-order valence-electron chi connectivity index (χ0n) is 24.9. The molecule has 3 aromatic rings. The Morgan fingerprint density at radius 1 is 0.976 bits per heavy atom. The smallest absolute Gasteiger partial charge is 0.302 e. The lowest BCUT2D eigenvalue weighted by molar-refractivity contribution is -0.136. The molecule has 2 N–H and O–H groups in total. The molecule has 0 atom stereocenters. The molecule has 228 valence electrons. The molecule has 3 amide bonds. The van der Waals surface area contributed by atoms with Crippen molar-refractivity contribution in [3.63, 3.8) is 0 Å². The molecule has 0 spiro atoms. The van der Waals surface area contributed by atoms with Crippen LogP contribution in [0.1, 0.15) is 51.9 Å². The van der Waals surface area contributed by atoms with Crippen molar-refractivity contribution in [3.8, 4) is 0 Å². The number of benzene rings is 3. The Morgan fingerprint density at radius 3 is 2.24 bits per heavy atom. The predicted molar refractivity (Wildman–Crippen MR) is 179 cm³/mol. The maximum atomic E-state index is 12.8. The van der Waals surface area contributed by atoms with Gasteiger partial charge in [0.1, 0.15) is 0 Å². The van der Waals surface area contributed by atoms with Gasteiger partial charge in [-0.2, -0.15) is 0 Å². The first-order chi connectivity index (χ1) is 20.1. The van der Waals surface area contributed by atoms with Crippen LogP contribution in [0.3, 0.4) is 0 Å². The number of amides is 3. The highest BCUT2D eigenvalue weighted by molar-refractivity contribution is 8.12. The quantitative estimate of drug-likeness (QED) is 0.251. The molecular formula is C31H40Cl2N4O3S2.